The zero-order valence-electron chi connectivity index (χ0n) is 15.2. The molecule has 4 rings (SSSR count). The molecule has 1 aromatic carbocycles. The van der Waals surface area contributed by atoms with Crippen LogP contribution in [0.2, 0.25) is 0 Å². The molecule has 10 heteroatoms. The second-order valence-corrected chi connectivity index (χ2v) is 8.50. The zero-order valence-corrected chi connectivity index (χ0v) is 16.0. The van der Waals surface area contributed by atoms with Crippen molar-refractivity contribution in [3.8, 4) is 0 Å². The van der Waals surface area contributed by atoms with Crippen LogP contribution >= 0.6 is 0 Å². The number of benzene rings is 1. The van der Waals surface area contributed by atoms with Gasteiger partial charge in [-0.05, 0) is 24.3 Å². The molecule has 1 atom stereocenters. The number of rotatable bonds is 4. The Morgan fingerprint density at radius 1 is 1.07 bits per heavy atom. The first kappa shape index (κ1) is 18.3. The van der Waals surface area contributed by atoms with E-state index in [1.807, 2.05) is 0 Å². The number of aromatic nitrogens is 3. The molecule has 0 bridgehead atoms. The highest BCUT2D eigenvalue weighted by Crippen LogP contribution is 2.36. The molecule has 9 nitrogen and oxygen atoms in total. The summed E-state index contributed by atoms with van der Waals surface area (Å²) in [6.07, 6.45) is 4.71. The smallest absolute Gasteiger partial charge is 0.267 e. The van der Waals surface area contributed by atoms with Crippen LogP contribution in [-0.4, -0.2) is 46.4 Å². The number of hydrogen-bond acceptors (Lipinski definition) is 6. The predicted molar refractivity (Wildman–Crippen MR) is 104 cm³/mol. The Morgan fingerprint density at radius 3 is 2.46 bits per heavy atom. The molecule has 28 heavy (non-hydrogen) atoms. The number of nitrogens with one attached hydrogen (secondary N) is 2. The molecule has 1 unspecified atom stereocenters. The highest BCUT2D eigenvalue weighted by molar-refractivity contribution is 7.86. The van der Waals surface area contributed by atoms with Gasteiger partial charge in [-0.15, -0.1) is 0 Å². The van der Waals surface area contributed by atoms with Crippen LogP contribution in [0.1, 0.15) is 11.4 Å². The molecule has 0 amide bonds. The Kier molecular flexibility index (Phi) is 4.26. The summed E-state index contributed by atoms with van der Waals surface area (Å²) in [5.74, 6) is 0. The molecule has 3 aromatic rings. The Hall–Kier alpha value is -3.08. The van der Waals surface area contributed by atoms with Gasteiger partial charge in [-0.2, -0.15) is 27.7 Å². The SMILES string of the molecule is CN(C)S(=O)(=O)N1C=CC(c2ccccn2)(c2n[nH]c(=O)c3ccccc23)N1. The van der Waals surface area contributed by atoms with Crippen LogP contribution in [0, 0.1) is 0 Å². The van der Waals surface area contributed by atoms with Crippen molar-refractivity contribution in [1.29, 1.82) is 0 Å². The lowest BCUT2D eigenvalue weighted by Crippen LogP contribution is -2.51. The summed E-state index contributed by atoms with van der Waals surface area (Å²) in [6.45, 7) is 0. The molecule has 0 saturated heterocycles. The lowest BCUT2D eigenvalue weighted by atomic mass is 9.88. The van der Waals surface area contributed by atoms with E-state index in [2.05, 4.69) is 20.6 Å². The second kappa shape index (κ2) is 6.51. The average molecular weight is 398 g/mol. The van der Waals surface area contributed by atoms with Crippen molar-refractivity contribution < 1.29 is 8.42 Å². The highest BCUT2D eigenvalue weighted by atomic mass is 32.2. The molecular formula is C18H18N6O3S. The van der Waals surface area contributed by atoms with Gasteiger partial charge >= 0.3 is 10.2 Å². The third-order valence-corrected chi connectivity index (χ3v) is 6.23. The molecule has 0 aliphatic carbocycles. The molecule has 0 fully saturated rings. The lowest BCUT2D eigenvalue weighted by Gasteiger charge is -2.31. The lowest BCUT2D eigenvalue weighted by molar-refractivity contribution is 0.320. The van der Waals surface area contributed by atoms with Gasteiger partial charge in [0.05, 0.1) is 11.1 Å². The molecule has 3 heterocycles. The third kappa shape index (κ3) is 2.70. The fraction of sp³-hybridized carbons (Fsp3) is 0.167. The van der Waals surface area contributed by atoms with Crippen LogP contribution in [0.4, 0.5) is 0 Å². The first-order valence-corrected chi connectivity index (χ1v) is 9.84. The maximum Gasteiger partial charge on any atom is 0.316 e. The number of pyridine rings is 1. The number of hydrazine groups is 1. The molecular weight excluding hydrogens is 380 g/mol. The van der Waals surface area contributed by atoms with E-state index < -0.39 is 15.7 Å². The van der Waals surface area contributed by atoms with Crippen LogP contribution in [0.5, 0.6) is 0 Å². The molecule has 0 radical (unpaired) electrons. The Morgan fingerprint density at radius 2 is 1.79 bits per heavy atom. The summed E-state index contributed by atoms with van der Waals surface area (Å²) in [5.41, 5.74) is 2.48. The summed E-state index contributed by atoms with van der Waals surface area (Å²) in [6, 6.07) is 12.4. The van der Waals surface area contributed by atoms with Crippen molar-refractivity contribution in [2.24, 2.45) is 0 Å². The fourth-order valence-corrected chi connectivity index (χ4v) is 3.97. The zero-order chi connectivity index (χ0) is 19.9. The van der Waals surface area contributed by atoms with Gasteiger partial charge in [-0.1, -0.05) is 24.3 Å². The Balaban J connectivity index is 1.98. The topological polar surface area (TPSA) is 111 Å². The average Bonchev–Trinajstić information content (AvgIpc) is 3.16. The van der Waals surface area contributed by atoms with Crippen molar-refractivity contribution in [3.05, 3.63) is 82.7 Å². The number of fused-ring (bicyclic) bond motifs is 1. The van der Waals surface area contributed by atoms with Crippen molar-refractivity contribution in [3.63, 3.8) is 0 Å². The summed E-state index contributed by atoms with van der Waals surface area (Å²) in [7, 11) is -0.896. The van der Waals surface area contributed by atoms with Gasteiger partial charge in [-0.25, -0.2) is 5.10 Å². The van der Waals surface area contributed by atoms with Gasteiger partial charge in [-0.3, -0.25) is 9.78 Å². The van der Waals surface area contributed by atoms with Gasteiger partial charge in [0, 0.05) is 31.9 Å². The normalized spacial score (nSPS) is 19.6. The first-order valence-electron chi connectivity index (χ1n) is 8.45. The molecule has 144 valence electrons. The van der Waals surface area contributed by atoms with Crippen molar-refractivity contribution in [2.45, 2.75) is 5.54 Å². The number of nitrogens with zero attached hydrogens (tertiary/aromatic N) is 4. The number of aromatic amines is 1. The molecule has 1 aliphatic rings. The molecule has 2 N–H and O–H groups in total. The number of H-pyrrole nitrogens is 1. The molecule has 1 aliphatic heterocycles. The van der Waals surface area contributed by atoms with E-state index in [1.165, 1.54) is 20.3 Å². The van der Waals surface area contributed by atoms with E-state index in [0.29, 0.717) is 22.2 Å². The van der Waals surface area contributed by atoms with Crippen LogP contribution in [0.3, 0.4) is 0 Å². The third-order valence-electron chi connectivity index (χ3n) is 4.59. The Labute approximate surface area is 161 Å². The van der Waals surface area contributed by atoms with E-state index in [-0.39, 0.29) is 5.56 Å². The van der Waals surface area contributed by atoms with Crippen molar-refractivity contribution in [1.82, 2.24) is 29.3 Å². The fourth-order valence-electron chi connectivity index (χ4n) is 3.15. The summed E-state index contributed by atoms with van der Waals surface area (Å²) in [4.78, 5) is 16.6. The van der Waals surface area contributed by atoms with E-state index in [0.717, 1.165) is 8.72 Å². The van der Waals surface area contributed by atoms with Crippen LogP contribution in [0.25, 0.3) is 10.8 Å². The van der Waals surface area contributed by atoms with Gasteiger partial charge in [0.15, 0.2) is 0 Å². The molecule has 0 saturated carbocycles. The standard InChI is InChI=1S/C18H18N6O3S/c1-23(2)28(26,27)24-12-10-18(22-24,15-9-5-6-11-19-15)16-13-7-3-4-8-14(13)17(25)21-20-16/h3-12,22H,1-2H3,(H,21,25). The monoisotopic (exact) mass is 398 g/mol. The predicted octanol–water partition coefficient (Wildman–Crippen LogP) is 0.702. The Bertz CT molecular complexity index is 1220. The summed E-state index contributed by atoms with van der Waals surface area (Å²) in [5, 5.41) is 7.82. The van der Waals surface area contributed by atoms with E-state index in [4.69, 9.17) is 0 Å². The maximum absolute atomic E-state index is 12.6. The minimum Gasteiger partial charge on any atom is -0.267 e. The number of hydrogen-bond donors (Lipinski definition) is 2. The summed E-state index contributed by atoms with van der Waals surface area (Å²) < 4.78 is 27.4. The quantitative estimate of drug-likeness (QED) is 0.669. The van der Waals surface area contributed by atoms with Crippen molar-refractivity contribution >= 4 is 21.0 Å². The van der Waals surface area contributed by atoms with Crippen LogP contribution < -0.4 is 11.0 Å². The van der Waals surface area contributed by atoms with Gasteiger partial charge in [0.2, 0.25) is 0 Å². The minimum atomic E-state index is -3.78. The largest absolute Gasteiger partial charge is 0.316 e. The van der Waals surface area contributed by atoms with Crippen molar-refractivity contribution in [2.75, 3.05) is 14.1 Å². The second-order valence-electron chi connectivity index (χ2n) is 6.48. The van der Waals surface area contributed by atoms with E-state index in [9.17, 15) is 13.2 Å². The van der Waals surface area contributed by atoms with Gasteiger partial charge < -0.3 is 0 Å². The van der Waals surface area contributed by atoms with Crippen LogP contribution in [0.15, 0.2) is 65.7 Å². The van der Waals surface area contributed by atoms with Crippen LogP contribution in [-0.2, 0) is 15.7 Å². The van der Waals surface area contributed by atoms with E-state index in [1.54, 1.807) is 54.7 Å². The maximum atomic E-state index is 12.6. The van der Waals surface area contributed by atoms with E-state index >= 15 is 0 Å². The molecule has 2 aromatic heterocycles. The summed E-state index contributed by atoms with van der Waals surface area (Å²) >= 11 is 0. The highest BCUT2D eigenvalue weighted by Gasteiger charge is 2.44. The van der Waals surface area contributed by atoms with Gasteiger partial charge in [0.1, 0.15) is 11.2 Å². The molecule has 0 spiro atoms. The van der Waals surface area contributed by atoms with Gasteiger partial charge in [0.25, 0.3) is 5.56 Å². The minimum absolute atomic E-state index is 0.324. The first-order chi connectivity index (χ1) is 13.4.